The molecule has 106 valence electrons. The second-order valence-corrected chi connectivity index (χ2v) is 5.86. The average molecular weight is 274 g/mol. The smallest absolute Gasteiger partial charge is 0.335 e. The zero-order chi connectivity index (χ0) is 14.3. The Hall–Kier alpha value is -2.04. The van der Waals surface area contributed by atoms with E-state index in [4.69, 9.17) is 5.11 Å². The summed E-state index contributed by atoms with van der Waals surface area (Å²) in [5.74, 6) is 0.257. The Morgan fingerprint density at radius 3 is 2.90 bits per heavy atom. The summed E-state index contributed by atoms with van der Waals surface area (Å²) in [5.41, 5.74) is 1.45. The summed E-state index contributed by atoms with van der Waals surface area (Å²) < 4.78 is 1.68. The first-order valence-corrected chi connectivity index (χ1v) is 7.00. The van der Waals surface area contributed by atoms with Gasteiger partial charge >= 0.3 is 11.7 Å². The summed E-state index contributed by atoms with van der Waals surface area (Å²) in [6.07, 6.45) is 3.48. The maximum absolute atomic E-state index is 12.0. The number of carboxylic acids is 1. The van der Waals surface area contributed by atoms with Crippen molar-refractivity contribution in [3.63, 3.8) is 0 Å². The first kappa shape index (κ1) is 13.0. The van der Waals surface area contributed by atoms with Crippen LogP contribution in [-0.4, -0.2) is 20.6 Å². The molecule has 2 aromatic rings. The van der Waals surface area contributed by atoms with Crippen molar-refractivity contribution < 1.29 is 9.90 Å². The second-order valence-electron chi connectivity index (χ2n) is 5.86. The lowest BCUT2D eigenvalue weighted by Gasteiger charge is -2.10. The molecule has 0 bridgehead atoms. The fourth-order valence-corrected chi connectivity index (χ4v) is 3.22. The molecule has 5 nitrogen and oxygen atoms in total. The van der Waals surface area contributed by atoms with E-state index in [0.717, 1.165) is 18.8 Å². The number of carbonyl (C=O) groups is 1. The predicted octanol–water partition coefficient (Wildman–Crippen LogP) is 2.46. The lowest BCUT2D eigenvalue weighted by molar-refractivity contribution is 0.0697. The molecule has 1 aromatic heterocycles. The van der Waals surface area contributed by atoms with Gasteiger partial charge in [0.25, 0.3) is 0 Å². The van der Waals surface area contributed by atoms with E-state index in [-0.39, 0.29) is 11.3 Å². The van der Waals surface area contributed by atoms with Crippen molar-refractivity contribution in [1.82, 2.24) is 9.55 Å². The van der Waals surface area contributed by atoms with Crippen LogP contribution in [0.4, 0.5) is 0 Å². The minimum Gasteiger partial charge on any atom is -0.478 e. The molecule has 0 radical (unpaired) electrons. The van der Waals surface area contributed by atoms with Crippen LogP contribution in [0.2, 0.25) is 0 Å². The van der Waals surface area contributed by atoms with E-state index >= 15 is 0 Å². The highest BCUT2D eigenvalue weighted by atomic mass is 16.4. The molecule has 0 amide bonds. The number of hydrogen-bond acceptors (Lipinski definition) is 2. The fourth-order valence-electron chi connectivity index (χ4n) is 3.22. The number of fused-ring (bicyclic) bond motifs is 1. The number of hydrogen-bond donors (Lipinski definition) is 2. The first-order chi connectivity index (χ1) is 9.54. The van der Waals surface area contributed by atoms with Crippen LogP contribution < -0.4 is 5.69 Å². The van der Waals surface area contributed by atoms with Crippen molar-refractivity contribution in [1.29, 1.82) is 0 Å². The Morgan fingerprint density at radius 2 is 2.25 bits per heavy atom. The topological polar surface area (TPSA) is 75.1 Å². The lowest BCUT2D eigenvalue weighted by atomic mass is 10.1. The Labute approximate surface area is 116 Å². The highest BCUT2D eigenvalue weighted by Crippen LogP contribution is 2.31. The number of aromatic amines is 1. The van der Waals surface area contributed by atoms with E-state index in [9.17, 15) is 9.59 Å². The average Bonchev–Trinajstić information content (AvgIpc) is 2.94. The van der Waals surface area contributed by atoms with Gasteiger partial charge in [0.15, 0.2) is 0 Å². The largest absolute Gasteiger partial charge is 0.478 e. The molecular weight excluding hydrogens is 256 g/mol. The maximum atomic E-state index is 12.0. The zero-order valence-corrected chi connectivity index (χ0v) is 11.4. The fraction of sp³-hybridized carbons (Fsp3) is 0.467. The van der Waals surface area contributed by atoms with Crippen LogP contribution in [0.15, 0.2) is 23.0 Å². The molecular formula is C15H18N2O3. The van der Waals surface area contributed by atoms with Crippen LogP contribution in [0.5, 0.6) is 0 Å². The van der Waals surface area contributed by atoms with Crippen LogP contribution in [0.1, 0.15) is 36.5 Å². The number of rotatable bonds is 3. The van der Waals surface area contributed by atoms with E-state index < -0.39 is 5.97 Å². The van der Waals surface area contributed by atoms with Gasteiger partial charge in [-0.1, -0.05) is 13.3 Å². The molecule has 2 N–H and O–H groups in total. The minimum absolute atomic E-state index is 0.151. The van der Waals surface area contributed by atoms with E-state index in [2.05, 4.69) is 11.9 Å². The SMILES string of the molecule is CC1CCC(Cn2c(=O)[nH]c3ccc(C(=O)O)cc32)C1. The summed E-state index contributed by atoms with van der Waals surface area (Å²) in [7, 11) is 0. The minimum atomic E-state index is -0.971. The Morgan fingerprint density at radius 1 is 1.45 bits per heavy atom. The maximum Gasteiger partial charge on any atom is 0.335 e. The Balaban J connectivity index is 2.00. The zero-order valence-electron chi connectivity index (χ0n) is 11.4. The molecule has 2 unspecified atom stereocenters. The number of H-pyrrole nitrogens is 1. The molecule has 1 heterocycles. The van der Waals surface area contributed by atoms with E-state index in [1.54, 1.807) is 16.7 Å². The van der Waals surface area contributed by atoms with Crippen molar-refractivity contribution in [2.45, 2.75) is 32.7 Å². The van der Waals surface area contributed by atoms with Crippen molar-refractivity contribution in [3.05, 3.63) is 34.2 Å². The van der Waals surface area contributed by atoms with Crippen LogP contribution in [-0.2, 0) is 6.54 Å². The summed E-state index contributed by atoms with van der Waals surface area (Å²) >= 11 is 0. The monoisotopic (exact) mass is 274 g/mol. The van der Waals surface area contributed by atoms with Crippen molar-refractivity contribution in [2.75, 3.05) is 0 Å². The Kier molecular flexibility index (Phi) is 3.12. The molecule has 1 fully saturated rings. The third-order valence-electron chi connectivity index (χ3n) is 4.27. The van der Waals surface area contributed by atoms with Crippen LogP contribution >= 0.6 is 0 Å². The molecule has 1 saturated carbocycles. The molecule has 1 aliphatic carbocycles. The standard InChI is InChI=1S/C15H18N2O3/c1-9-2-3-10(6-9)8-17-13-7-11(14(18)19)4-5-12(13)16-15(17)20/h4-5,7,9-10H,2-3,6,8H2,1H3,(H,16,20)(H,18,19). The van der Waals surface area contributed by atoms with E-state index in [1.165, 1.54) is 12.5 Å². The van der Waals surface area contributed by atoms with Gasteiger partial charge in [-0.25, -0.2) is 9.59 Å². The number of carboxylic acid groups (broad SMARTS) is 1. The normalized spacial score (nSPS) is 22.4. The number of aromatic nitrogens is 2. The quantitative estimate of drug-likeness (QED) is 0.902. The second kappa shape index (κ2) is 4.81. The van der Waals surface area contributed by atoms with Crippen molar-refractivity contribution in [3.8, 4) is 0 Å². The van der Waals surface area contributed by atoms with E-state index in [0.29, 0.717) is 23.5 Å². The summed E-state index contributed by atoms with van der Waals surface area (Å²) in [4.78, 5) is 25.9. The molecule has 0 saturated heterocycles. The molecule has 1 aliphatic rings. The van der Waals surface area contributed by atoms with Gasteiger partial charge in [0.2, 0.25) is 0 Å². The number of nitrogens with zero attached hydrogens (tertiary/aromatic N) is 1. The molecule has 3 rings (SSSR count). The van der Waals surface area contributed by atoms with Gasteiger partial charge in [0, 0.05) is 6.54 Å². The molecule has 0 aliphatic heterocycles. The van der Waals surface area contributed by atoms with Gasteiger partial charge in [-0.15, -0.1) is 0 Å². The molecule has 2 atom stereocenters. The van der Waals surface area contributed by atoms with Gasteiger partial charge in [-0.05, 0) is 42.9 Å². The van der Waals surface area contributed by atoms with Gasteiger partial charge in [-0.2, -0.15) is 0 Å². The van der Waals surface area contributed by atoms with Crippen LogP contribution in [0.3, 0.4) is 0 Å². The summed E-state index contributed by atoms with van der Waals surface area (Å²) in [5, 5.41) is 9.06. The van der Waals surface area contributed by atoms with Crippen LogP contribution in [0, 0.1) is 11.8 Å². The number of nitrogens with one attached hydrogen (secondary N) is 1. The van der Waals surface area contributed by atoms with Gasteiger partial charge in [0.1, 0.15) is 0 Å². The van der Waals surface area contributed by atoms with Gasteiger partial charge in [0.05, 0.1) is 16.6 Å². The molecule has 5 heteroatoms. The van der Waals surface area contributed by atoms with Gasteiger partial charge < -0.3 is 10.1 Å². The van der Waals surface area contributed by atoms with Gasteiger partial charge in [-0.3, -0.25) is 4.57 Å². The highest BCUT2D eigenvalue weighted by molar-refractivity contribution is 5.92. The molecule has 20 heavy (non-hydrogen) atoms. The van der Waals surface area contributed by atoms with Crippen LogP contribution in [0.25, 0.3) is 11.0 Å². The first-order valence-electron chi connectivity index (χ1n) is 7.00. The lowest BCUT2D eigenvalue weighted by Crippen LogP contribution is -2.20. The van der Waals surface area contributed by atoms with Crippen molar-refractivity contribution in [2.24, 2.45) is 11.8 Å². The summed E-state index contributed by atoms with van der Waals surface area (Å²) in [6, 6.07) is 4.75. The van der Waals surface area contributed by atoms with Crippen molar-refractivity contribution >= 4 is 17.0 Å². The summed E-state index contributed by atoms with van der Waals surface area (Å²) in [6.45, 7) is 2.91. The third kappa shape index (κ3) is 2.24. The molecule has 0 spiro atoms. The predicted molar refractivity (Wildman–Crippen MR) is 76.0 cm³/mol. The highest BCUT2D eigenvalue weighted by Gasteiger charge is 2.23. The molecule has 1 aromatic carbocycles. The number of aromatic carboxylic acids is 1. The Bertz CT molecular complexity index is 713. The number of imidazole rings is 1. The third-order valence-corrected chi connectivity index (χ3v) is 4.27. The number of benzene rings is 1. The van der Waals surface area contributed by atoms with E-state index in [1.807, 2.05) is 0 Å².